The molecule has 1 saturated heterocycles. The molecule has 0 aliphatic carbocycles. The molecule has 0 saturated carbocycles. The normalized spacial score (nSPS) is 27.6. The molecule has 2 atom stereocenters. The molecule has 0 spiro atoms. The number of hydrogen-bond acceptors (Lipinski definition) is 3. The molecule has 4 nitrogen and oxygen atoms in total. The molecule has 0 radical (unpaired) electrons. The van der Waals surface area contributed by atoms with E-state index in [0.29, 0.717) is 12.1 Å². The largest absolute Gasteiger partial charge is 0.369 e. The Balaban J connectivity index is 2.03. The van der Waals surface area contributed by atoms with Crippen molar-refractivity contribution in [3.05, 3.63) is 12.4 Å². The molecule has 1 aromatic rings. The molecular weight excluding hydrogens is 200 g/mol. The van der Waals surface area contributed by atoms with Crippen LogP contribution in [0.25, 0.3) is 0 Å². The summed E-state index contributed by atoms with van der Waals surface area (Å²) in [4.78, 5) is 2.45. The zero-order valence-electron chi connectivity index (χ0n) is 10.5. The molecule has 1 fully saturated rings. The van der Waals surface area contributed by atoms with E-state index in [1.54, 1.807) is 0 Å². The van der Waals surface area contributed by atoms with Gasteiger partial charge in [0.1, 0.15) is 0 Å². The van der Waals surface area contributed by atoms with Gasteiger partial charge in [-0.2, -0.15) is 5.10 Å². The van der Waals surface area contributed by atoms with Crippen LogP contribution in [0.2, 0.25) is 0 Å². The Kier molecular flexibility index (Phi) is 3.49. The third-order valence-electron chi connectivity index (χ3n) is 3.29. The fourth-order valence-corrected chi connectivity index (χ4v) is 2.29. The highest BCUT2D eigenvalue weighted by atomic mass is 15.3. The molecular formula is C12H22N4. The van der Waals surface area contributed by atoms with Crippen molar-refractivity contribution in [2.75, 3.05) is 18.0 Å². The number of nitrogens with zero attached hydrogens (tertiary/aromatic N) is 3. The molecule has 1 aliphatic rings. The topological polar surface area (TPSA) is 33.1 Å². The Bertz CT molecular complexity index is 322. The number of hydrogen-bond donors (Lipinski definition) is 1. The summed E-state index contributed by atoms with van der Waals surface area (Å²) in [6.45, 7) is 6.77. The van der Waals surface area contributed by atoms with Gasteiger partial charge in [-0.1, -0.05) is 0 Å². The lowest BCUT2D eigenvalue weighted by molar-refractivity contribution is 0.404. The molecule has 2 rings (SSSR count). The predicted octanol–water partition coefficient (Wildman–Crippen LogP) is 1.39. The van der Waals surface area contributed by atoms with E-state index < -0.39 is 0 Å². The van der Waals surface area contributed by atoms with E-state index in [1.807, 2.05) is 17.9 Å². The van der Waals surface area contributed by atoms with E-state index in [4.69, 9.17) is 0 Å². The number of rotatable bonds is 1. The second kappa shape index (κ2) is 4.87. The van der Waals surface area contributed by atoms with Crippen LogP contribution in [-0.4, -0.2) is 35.0 Å². The fourth-order valence-electron chi connectivity index (χ4n) is 2.29. The summed E-state index contributed by atoms with van der Waals surface area (Å²) >= 11 is 0. The lowest BCUT2D eigenvalue weighted by Crippen LogP contribution is -2.43. The van der Waals surface area contributed by atoms with Crippen LogP contribution in [0.15, 0.2) is 12.4 Å². The van der Waals surface area contributed by atoms with Gasteiger partial charge in [-0.3, -0.25) is 4.68 Å². The van der Waals surface area contributed by atoms with Gasteiger partial charge in [-0.25, -0.2) is 0 Å². The molecule has 1 N–H and O–H groups in total. The summed E-state index contributed by atoms with van der Waals surface area (Å²) in [5.74, 6) is 0. The van der Waals surface area contributed by atoms with Crippen LogP contribution in [-0.2, 0) is 7.05 Å². The number of nitrogens with one attached hydrogen (secondary N) is 1. The van der Waals surface area contributed by atoms with Crippen molar-refractivity contribution < 1.29 is 0 Å². The highest BCUT2D eigenvalue weighted by molar-refractivity contribution is 5.42. The van der Waals surface area contributed by atoms with Crippen molar-refractivity contribution in [2.45, 2.75) is 38.8 Å². The van der Waals surface area contributed by atoms with Crippen molar-refractivity contribution in [3.63, 3.8) is 0 Å². The first-order valence-corrected chi connectivity index (χ1v) is 6.15. The predicted molar refractivity (Wildman–Crippen MR) is 66.7 cm³/mol. The Hall–Kier alpha value is -1.03. The number of aromatic nitrogens is 2. The van der Waals surface area contributed by atoms with Crippen molar-refractivity contribution in [1.82, 2.24) is 15.1 Å². The minimum absolute atomic E-state index is 0.606. The van der Waals surface area contributed by atoms with E-state index in [-0.39, 0.29) is 0 Å². The molecule has 0 amide bonds. The van der Waals surface area contributed by atoms with Crippen molar-refractivity contribution in [1.29, 1.82) is 0 Å². The SMILES string of the molecule is CC1CCN(c2cnn(C)c2)CCC(C)N1. The first-order valence-electron chi connectivity index (χ1n) is 6.15. The van der Waals surface area contributed by atoms with Gasteiger partial charge < -0.3 is 10.2 Å². The first kappa shape index (κ1) is 11.5. The molecule has 0 aromatic carbocycles. The Morgan fingerprint density at radius 2 is 1.88 bits per heavy atom. The van der Waals surface area contributed by atoms with Gasteiger partial charge in [0.05, 0.1) is 11.9 Å². The molecule has 0 bridgehead atoms. The Morgan fingerprint density at radius 1 is 1.25 bits per heavy atom. The highest BCUT2D eigenvalue weighted by Crippen LogP contribution is 2.16. The smallest absolute Gasteiger partial charge is 0.0752 e. The van der Waals surface area contributed by atoms with Gasteiger partial charge in [-0.15, -0.1) is 0 Å². The molecule has 2 heterocycles. The van der Waals surface area contributed by atoms with Crippen LogP contribution < -0.4 is 10.2 Å². The van der Waals surface area contributed by atoms with Crippen molar-refractivity contribution >= 4 is 5.69 Å². The molecule has 90 valence electrons. The van der Waals surface area contributed by atoms with Gasteiger partial charge in [0.15, 0.2) is 0 Å². The maximum Gasteiger partial charge on any atom is 0.0752 e. The molecule has 1 aliphatic heterocycles. The third kappa shape index (κ3) is 2.76. The lowest BCUT2D eigenvalue weighted by atomic mass is 10.1. The van der Waals surface area contributed by atoms with E-state index in [9.17, 15) is 0 Å². The van der Waals surface area contributed by atoms with Crippen LogP contribution in [0.1, 0.15) is 26.7 Å². The summed E-state index contributed by atoms with van der Waals surface area (Å²) in [5, 5.41) is 7.85. The number of anilines is 1. The van der Waals surface area contributed by atoms with E-state index in [1.165, 1.54) is 18.5 Å². The second-order valence-electron chi connectivity index (χ2n) is 4.91. The van der Waals surface area contributed by atoms with E-state index in [0.717, 1.165) is 13.1 Å². The maximum atomic E-state index is 4.24. The summed E-state index contributed by atoms with van der Waals surface area (Å²) in [6.07, 6.45) is 6.45. The number of aryl methyl sites for hydroxylation is 1. The average molecular weight is 222 g/mol. The molecule has 2 unspecified atom stereocenters. The lowest BCUT2D eigenvalue weighted by Gasteiger charge is -2.31. The van der Waals surface area contributed by atoms with Crippen LogP contribution >= 0.6 is 0 Å². The molecule has 16 heavy (non-hydrogen) atoms. The monoisotopic (exact) mass is 222 g/mol. The van der Waals surface area contributed by atoms with Gasteiger partial charge in [0.25, 0.3) is 0 Å². The molecule has 4 heteroatoms. The summed E-state index contributed by atoms with van der Waals surface area (Å²) in [6, 6.07) is 1.21. The van der Waals surface area contributed by atoms with E-state index in [2.05, 4.69) is 35.4 Å². The zero-order valence-corrected chi connectivity index (χ0v) is 10.5. The fraction of sp³-hybridized carbons (Fsp3) is 0.750. The summed E-state index contributed by atoms with van der Waals surface area (Å²) < 4.78 is 1.87. The van der Waals surface area contributed by atoms with Gasteiger partial charge >= 0.3 is 0 Å². The zero-order chi connectivity index (χ0) is 11.5. The second-order valence-corrected chi connectivity index (χ2v) is 4.91. The van der Waals surface area contributed by atoms with Gasteiger partial charge in [0, 0.05) is 38.4 Å². The quantitative estimate of drug-likeness (QED) is 0.779. The summed E-state index contributed by atoms with van der Waals surface area (Å²) in [5.41, 5.74) is 1.25. The standard InChI is InChI=1S/C12H22N4/c1-10-4-6-16(7-5-11(2)14-10)12-8-13-15(3)9-12/h8-11,14H,4-7H2,1-3H3. The van der Waals surface area contributed by atoms with Crippen LogP contribution in [0, 0.1) is 0 Å². The minimum Gasteiger partial charge on any atom is -0.369 e. The summed E-state index contributed by atoms with van der Waals surface area (Å²) in [7, 11) is 1.97. The van der Waals surface area contributed by atoms with Gasteiger partial charge in [0.2, 0.25) is 0 Å². The van der Waals surface area contributed by atoms with Crippen LogP contribution in [0.5, 0.6) is 0 Å². The van der Waals surface area contributed by atoms with Crippen LogP contribution in [0.3, 0.4) is 0 Å². The Morgan fingerprint density at radius 3 is 2.38 bits per heavy atom. The van der Waals surface area contributed by atoms with Gasteiger partial charge in [-0.05, 0) is 26.7 Å². The first-order chi connectivity index (χ1) is 7.65. The van der Waals surface area contributed by atoms with Crippen molar-refractivity contribution in [3.8, 4) is 0 Å². The Labute approximate surface area is 97.6 Å². The molecule has 1 aromatic heterocycles. The van der Waals surface area contributed by atoms with E-state index >= 15 is 0 Å². The maximum absolute atomic E-state index is 4.24. The minimum atomic E-state index is 0.606. The van der Waals surface area contributed by atoms with Crippen LogP contribution in [0.4, 0.5) is 5.69 Å². The van der Waals surface area contributed by atoms with Crippen molar-refractivity contribution in [2.24, 2.45) is 7.05 Å². The highest BCUT2D eigenvalue weighted by Gasteiger charge is 2.16. The third-order valence-corrected chi connectivity index (χ3v) is 3.29. The average Bonchev–Trinajstić information content (AvgIpc) is 2.62.